The van der Waals surface area contributed by atoms with Gasteiger partial charge in [-0.25, -0.2) is 4.98 Å². The first kappa shape index (κ1) is 33.1. The normalized spacial score (nSPS) is 11.1. The van der Waals surface area contributed by atoms with Gasteiger partial charge in [-0.15, -0.1) is 0 Å². The summed E-state index contributed by atoms with van der Waals surface area (Å²) in [6.07, 6.45) is 3.46. The molecule has 7 nitrogen and oxygen atoms in total. The molecule has 0 aliphatic carbocycles. The molecule has 0 saturated heterocycles. The zero-order valence-corrected chi connectivity index (χ0v) is 26.2. The second-order valence-corrected chi connectivity index (χ2v) is 10.9. The first-order chi connectivity index (χ1) is 20.7. The maximum atomic E-state index is 8.39. The molecule has 0 unspecified atom stereocenters. The molecule has 0 saturated carbocycles. The summed E-state index contributed by atoms with van der Waals surface area (Å²) in [4.78, 5) is 9.48. The minimum Gasteiger partial charge on any atom is -0.494 e. The van der Waals surface area contributed by atoms with Crippen LogP contribution >= 0.6 is 11.6 Å². The van der Waals surface area contributed by atoms with Crippen LogP contribution in [0.4, 0.5) is 0 Å². The van der Waals surface area contributed by atoms with Crippen LogP contribution in [0.25, 0.3) is 0 Å². The molecular formula is C35H39ClN4O3. The molecule has 0 aliphatic heterocycles. The van der Waals surface area contributed by atoms with Gasteiger partial charge in [0.25, 0.3) is 0 Å². The maximum absolute atomic E-state index is 8.39. The third-order valence-electron chi connectivity index (χ3n) is 6.53. The van der Waals surface area contributed by atoms with E-state index in [0.717, 1.165) is 28.4 Å². The topological polar surface area (TPSA) is 80.0 Å². The van der Waals surface area contributed by atoms with Gasteiger partial charge in [0.1, 0.15) is 28.2 Å². The molecule has 3 aromatic carbocycles. The number of hydrogen-bond acceptors (Lipinski definition) is 6. The Morgan fingerprint density at radius 1 is 0.930 bits per heavy atom. The van der Waals surface area contributed by atoms with Crippen molar-refractivity contribution in [3.05, 3.63) is 119 Å². The fourth-order valence-electron chi connectivity index (χ4n) is 4.05. The molecule has 1 heterocycles. The van der Waals surface area contributed by atoms with Gasteiger partial charge in [0.15, 0.2) is 0 Å². The molecule has 0 spiro atoms. The second kappa shape index (κ2) is 16.9. The number of halogens is 1. The van der Waals surface area contributed by atoms with Crippen LogP contribution < -0.4 is 9.47 Å². The molecule has 0 radical (unpaired) electrons. The summed E-state index contributed by atoms with van der Waals surface area (Å²) >= 11 is 5.67. The van der Waals surface area contributed by atoms with E-state index in [4.69, 9.17) is 31.1 Å². The molecule has 0 aliphatic rings. The summed E-state index contributed by atoms with van der Waals surface area (Å²) in [6.45, 7) is 10.7. The maximum Gasteiger partial charge on any atom is 0.207 e. The van der Waals surface area contributed by atoms with Crippen molar-refractivity contribution in [1.82, 2.24) is 9.88 Å². The van der Waals surface area contributed by atoms with Crippen molar-refractivity contribution in [2.24, 2.45) is 4.99 Å². The molecule has 8 heteroatoms. The lowest BCUT2D eigenvalue weighted by molar-refractivity contribution is 0.0824. The van der Waals surface area contributed by atoms with Gasteiger partial charge in [-0.1, -0.05) is 74.0 Å². The average Bonchev–Trinajstić information content (AvgIpc) is 3.00. The minimum atomic E-state index is -0.0805. The predicted octanol–water partition coefficient (Wildman–Crippen LogP) is 8.44. The van der Waals surface area contributed by atoms with E-state index in [1.807, 2.05) is 85.6 Å². The highest BCUT2D eigenvalue weighted by atomic mass is 35.5. The minimum absolute atomic E-state index is 0.0805. The highest BCUT2D eigenvalue weighted by molar-refractivity contribution is 6.29. The number of aliphatic imine (C=N–C) groups is 1. The summed E-state index contributed by atoms with van der Waals surface area (Å²) < 4.78 is 17.5. The van der Waals surface area contributed by atoms with Crippen LogP contribution in [0.3, 0.4) is 0 Å². The van der Waals surface area contributed by atoms with Crippen molar-refractivity contribution in [3.63, 3.8) is 0 Å². The van der Waals surface area contributed by atoms with Gasteiger partial charge in [-0.05, 0) is 73.0 Å². The lowest BCUT2D eigenvalue weighted by Gasteiger charge is -2.25. The van der Waals surface area contributed by atoms with Crippen molar-refractivity contribution < 1.29 is 14.2 Å². The summed E-state index contributed by atoms with van der Waals surface area (Å²) in [6, 6.07) is 29.7. The van der Waals surface area contributed by atoms with E-state index in [1.54, 1.807) is 25.4 Å². The lowest BCUT2D eigenvalue weighted by atomic mass is 9.85. The summed E-state index contributed by atoms with van der Waals surface area (Å²) in [5.41, 5.74) is 3.27. The van der Waals surface area contributed by atoms with Gasteiger partial charge in [-0.3, -0.25) is 0 Å². The van der Waals surface area contributed by atoms with E-state index in [0.29, 0.717) is 37.4 Å². The monoisotopic (exact) mass is 598 g/mol. The predicted molar refractivity (Wildman–Crippen MR) is 173 cm³/mol. The average molecular weight is 599 g/mol. The molecule has 0 fully saturated rings. The Balaban J connectivity index is 0.000000285. The largest absolute Gasteiger partial charge is 0.494 e. The molecule has 43 heavy (non-hydrogen) atoms. The van der Waals surface area contributed by atoms with Gasteiger partial charge in [0, 0.05) is 25.2 Å². The van der Waals surface area contributed by atoms with Gasteiger partial charge in [0.2, 0.25) is 6.19 Å². The smallest absolute Gasteiger partial charge is 0.207 e. The SMILES string of the molecule is CC(=NC#N)N(C)Cc1ccc(Cl)nc1.CCOc1ccc(C(C)(C)COCc2cccc(Oc3ccccc3)c2)cc1. The molecule has 0 amide bonds. The Morgan fingerprint density at radius 3 is 2.30 bits per heavy atom. The van der Waals surface area contributed by atoms with E-state index in [2.05, 4.69) is 42.0 Å². The summed E-state index contributed by atoms with van der Waals surface area (Å²) in [5.74, 6) is 3.22. The number of benzene rings is 3. The van der Waals surface area contributed by atoms with E-state index in [1.165, 1.54) is 5.56 Å². The van der Waals surface area contributed by atoms with Crippen molar-refractivity contribution in [3.8, 4) is 23.4 Å². The van der Waals surface area contributed by atoms with E-state index in [-0.39, 0.29) is 5.41 Å². The van der Waals surface area contributed by atoms with Crippen molar-refractivity contribution in [2.75, 3.05) is 20.3 Å². The fourth-order valence-corrected chi connectivity index (χ4v) is 4.16. The standard InChI is InChI=1S/C25H28O3.C10H11ClN4/c1-4-27-22-15-13-21(14-16-22)25(2,3)19-26-18-20-9-8-12-24(17-20)28-23-10-6-5-7-11-23;1-8(14-7-12)15(2)6-9-3-4-10(11)13-5-9/h5-17H,4,18-19H2,1-3H3;3-5H,6H2,1-2H3. The van der Waals surface area contributed by atoms with Gasteiger partial charge >= 0.3 is 0 Å². The number of hydrogen-bond donors (Lipinski definition) is 0. The number of rotatable bonds is 11. The number of ether oxygens (including phenoxy) is 3. The van der Waals surface area contributed by atoms with Crippen molar-refractivity contribution in [2.45, 2.75) is 46.3 Å². The number of pyridine rings is 1. The molecule has 0 bridgehead atoms. The highest BCUT2D eigenvalue weighted by Gasteiger charge is 2.21. The van der Waals surface area contributed by atoms with Gasteiger partial charge in [0.05, 0.1) is 19.8 Å². The molecule has 224 valence electrons. The van der Waals surface area contributed by atoms with Crippen LogP contribution in [0.1, 0.15) is 44.4 Å². The molecule has 0 atom stereocenters. The molecule has 4 aromatic rings. The van der Waals surface area contributed by atoms with Crippen molar-refractivity contribution >= 4 is 17.4 Å². The number of amidine groups is 1. The van der Waals surface area contributed by atoms with Crippen LogP contribution in [-0.2, 0) is 23.3 Å². The van der Waals surface area contributed by atoms with Crippen LogP contribution in [-0.4, -0.2) is 36.0 Å². The van der Waals surface area contributed by atoms with E-state index in [9.17, 15) is 0 Å². The lowest BCUT2D eigenvalue weighted by Crippen LogP contribution is -2.24. The summed E-state index contributed by atoms with van der Waals surface area (Å²) in [7, 11) is 1.87. The Hall–Kier alpha value is -4.38. The quantitative estimate of drug-likeness (QED) is 0.0746. The molecular weight excluding hydrogens is 560 g/mol. The Bertz CT molecular complexity index is 1470. The molecule has 4 rings (SSSR count). The Labute approximate surface area is 260 Å². The number of nitrogens with zero attached hydrogens (tertiary/aromatic N) is 4. The van der Waals surface area contributed by atoms with Crippen LogP contribution in [0.2, 0.25) is 5.15 Å². The van der Waals surface area contributed by atoms with Crippen LogP contribution in [0, 0.1) is 11.5 Å². The Morgan fingerprint density at radius 2 is 1.65 bits per heavy atom. The van der Waals surface area contributed by atoms with Gasteiger partial charge < -0.3 is 19.1 Å². The van der Waals surface area contributed by atoms with Crippen LogP contribution in [0.15, 0.2) is 102 Å². The zero-order valence-electron chi connectivity index (χ0n) is 25.5. The number of nitriles is 1. The first-order valence-corrected chi connectivity index (χ1v) is 14.5. The number of aromatic nitrogens is 1. The molecule has 1 aromatic heterocycles. The molecule has 0 N–H and O–H groups in total. The Kier molecular flexibility index (Phi) is 13.0. The third kappa shape index (κ3) is 11.4. The van der Waals surface area contributed by atoms with E-state index < -0.39 is 0 Å². The van der Waals surface area contributed by atoms with E-state index >= 15 is 0 Å². The van der Waals surface area contributed by atoms with Crippen molar-refractivity contribution in [1.29, 1.82) is 5.26 Å². The fraction of sp³-hybridized carbons (Fsp3) is 0.286. The highest BCUT2D eigenvalue weighted by Crippen LogP contribution is 2.27. The first-order valence-electron chi connectivity index (χ1n) is 14.1. The second-order valence-electron chi connectivity index (χ2n) is 10.5. The van der Waals surface area contributed by atoms with Gasteiger partial charge in [-0.2, -0.15) is 10.3 Å². The summed E-state index contributed by atoms with van der Waals surface area (Å²) in [5, 5.41) is 8.87. The van der Waals surface area contributed by atoms with Crippen LogP contribution in [0.5, 0.6) is 17.2 Å². The number of para-hydroxylation sites is 1. The zero-order chi connectivity index (χ0) is 31.1. The third-order valence-corrected chi connectivity index (χ3v) is 6.75.